The van der Waals surface area contributed by atoms with Gasteiger partial charge in [-0.25, -0.2) is 4.99 Å². The van der Waals surface area contributed by atoms with Gasteiger partial charge in [0, 0.05) is 12.8 Å². The van der Waals surface area contributed by atoms with E-state index in [0.29, 0.717) is 24.5 Å². The maximum absolute atomic E-state index is 8.39. The van der Waals surface area contributed by atoms with Gasteiger partial charge in [-0.2, -0.15) is 0 Å². The average molecular weight is 143 g/mol. The van der Waals surface area contributed by atoms with E-state index in [0.717, 1.165) is 6.42 Å². The van der Waals surface area contributed by atoms with E-state index in [1.165, 1.54) is 0 Å². The predicted molar refractivity (Wildman–Crippen MR) is 35.4 cm³/mol. The number of hydrogen-bond donors (Lipinski definition) is 3. The molecule has 0 atom stereocenters. The van der Waals surface area contributed by atoms with Crippen LogP contribution >= 0.6 is 0 Å². The molecule has 1 rings (SSSR count). The Labute approximate surface area is 58.0 Å². The minimum Gasteiger partial charge on any atom is -0.409 e. The molecule has 0 aromatic heterocycles. The Morgan fingerprint density at radius 2 is 2.30 bits per heavy atom. The van der Waals surface area contributed by atoms with Crippen molar-refractivity contribution in [3.8, 4) is 0 Å². The lowest BCUT2D eigenvalue weighted by Gasteiger charge is -2.09. The highest BCUT2D eigenvalue weighted by Gasteiger charge is 2.08. The number of aliphatic imine (C=N–C) groups is 1. The second-order valence-electron chi connectivity index (χ2n) is 2.04. The molecular weight excluding hydrogens is 134 g/mol. The molecule has 1 aliphatic rings. The zero-order valence-corrected chi connectivity index (χ0v) is 5.41. The fourth-order valence-corrected chi connectivity index (χ4v) is 0.835. The molecule has 0 aromatic rings. The molecule has 0 amide bonds. The molecule has 1 heterocycles. The molecule has 0 aliphatic carbocycles. The van der Waals surface area contributed by atoms with Gasteiger partial charge < -0.3 is 5.21 Å². The Balaban J connectivity index is 2.66. The lowest BCUT2D eigenvalue weighted by Crippen LogP contribution is -2.23. The number of nitrogens with one attached hydrogen (secondary N) is 1. The summed E-state index contributed by atoms with van der Waals surface area (Å²) < 4.78 is 0. The van der Waals surface area contributed by atoms with Crippen molar-refractivity contribution in [2.45, 2.75) is 19.3 Å². The third kappa shape index (κ3) is 1.44. The maximum Gasteiger partial charge on any atom is 0.169 e. The van der Waals surface area contributed by atoms with Gasteiger partial charge in [-0.05, 0) is 6.42 Å². The first kappa shape index (κ1) is 7.01. The van der Waals surface area contributed by atoms with Crippen molar-refractivity contribution in [3.05, 3.63) is 0 Å². The molecule has 0 fully saturated rings. The van der Waals surface area contributed by atoms with Crippen molar-refractivity contribution < 1.29 is 10.4 Å². The number of oxime groups is 1. The standard InChI is InChI=1S/C5H9N3O2/c9-7-4-2-1-3-5(6-4)8-10/h9-10H,1-3H2,(H,6,7,8). The largest absolute Gasteiger partial charge is 0.409 e. The van der Waals surface area contributed by atoms with Crippen LogP contribution in [0.15, 0.2) is 10.1 Å². The molecule has 56 valence electrons. The van der Waals surface area contributed by atoms with Crippen LogP contribution in [0.3, 0.4) is 0 Å². The van der Waals surface area contributed by atoms with E-state index in [2.05, 4.69) is 10.1 Å². The number of rotatable bonds is 0. The first-order valence-corrected chi connectivity index (χ1v) is 3.05. The Bertz CT molecular complexity index is 176. The van der Waals surface area contributed by atoms with Gasteiger partial charge in [0.05, 0.1) is 0 Å². The zero-order chi connectivity index (χ0) is 7.40. The summed E-state index contributed by atoms with van der Waals surface area (Å²) in [7, 11) is 0. The van der Waals surface area contributed by atoms with Gasteiger partial charge in [0.15, 0.2) is 5.84 Å². The van der Waals surface area contributed by atoms with Crippen molar-refractivity contribution in [3.63, 3.8) is 0 Å². The van der Waals surface area contributed by atoms with Crippen LogP contribution in [0.25, 0.3) is 0 Å². The number of hydrogen-bond acceptors (Lipinski definition) is 4. The van der Waals surface area contributed by atoms with E-state index in [9.17, 15) is 0 Å². The summed E-state index contributed by atoms with van der Waals surface area (Å²) in [5.74, 6) is 0.821. The summed E-state index contributed by atoms with van der Waals surface area (Å²) in [6.45, 7) is 0. The average Bonchev–Trinajstić information content (AvgIpc) is 2.05. The minimum atomic E-state index is 0.364. The van der Waals surface area contributed by atoms with E-state index in [4.69, 9.17) is 10.4 Å². The molecule has 10 heavy (non-hydrogen) atoms. The molecule has 0 radical (unpaired) electrons. The van der Waals surface area contributed by atoms with Crippen LogP contribution in [0.4, 0.5) is 0 Å². The Morgan fingerprint density at radius 1 is 1.50 bits per heavy atom. The van der Waals surface area contributed by atoms with Crippen molar-refractivity contribution >= 4 is 11.7 Å². The van der Waals surface area contributed by atoms with Crippen LogP contribution in [0.2, 0.25) is 0 Å². The highest BCUT2D eigenvalue weighted by Crippen LogP contribution is 2.06. The van der Waals surface area contributed by atoms with Crippen LogP contribution in [0.1, 0.15) is 19.3 Å². The minimum absolute atomic E-state index is 0.364. The molecule has 1 aliphatic heterocycles. The number of amidine groups is 2. The monoisotopic (exact) mass is 143 g/mol. The van der Waals surface area contributed by atoms with Gasteiger partial charge in [-0.1, -0.05) is 5.16 Å². The maximum atomic E-state index is 8.39. The summed E-state index contributed by atoms with van der Waals surface area (Å²) in [5, 5.41) is 19.6. The van der Waals surface area contributed by atoms with Crippen LogP contribution in [-0.4, -0.2) is 22.1 Å². The van der Waals surface area contributed by atoms with Crippen molar-refractivity contribution in [2.75, 3.05) is 0 Å². The fraction of sp³-hybridized carbons (Fsp3) is 0.600. The smallest absolute Gasteiger partial charge is 0.169 e. The number of hydroxylamine groups is 1. The van der Waals surface area contributed by atoms with E-state index >= 15 is 0 Å². The topological polar surface area (TPSA) is 77.2 Å². The Hall–Kier alpha value is -1.10. The first-order valence-electron chi connectivity index (χ1n) is 3.05. The van der Waals surface area contributed by atoms with Gasteiger partial charge in [0.2, 0.25) is 0 Å². The van der Waals surface area contributed by atoms with Crippen molar-refractivity contribution in [2.24, 2.45) is 10.1 Å². The van der Waals surface area contributed by atoms with Crippen LogP contribution < -0.4 is 5.48 Å². The van der Waals surface area contributed by atoms with E-state index in [1.807, 2.05) is 5.48 Å². The van der Waals surface area contributed by atoms with Gasteiger partial charge in [-0.3, -0.25) is 10.7 Å². The highest BCUT2D eigenvalue weighted by atomic mass is 16.5. The second-order valence-corrected chi connectivity index (χ2v) is 2.04. The summed E-state index contributed by atoms with van der Waals surface area (Å²) in [5.41, 5.74) is 1.93. The van der Waals surface area contributed by atoms with E-state index in [1.54, 1.807) is 0 Å². The van der Waals surface area contributed by atoms with Gasteiger partial charge in [0.25, 0.3) is 0 Å². The molecule has 3 N–H and O–H groups in total. The molecule has 0 spiro atoms. The molecule has 5 heteroatoms. The number of nitrogens with zero attached hydrogens (tertiary/aromatic N) is 2. The van der Waals surface area contributed by atoms with Crippen LogP contribution in [-0.2, 0) is 0 Å². The lowest BCUT2D eigenvalue weighted by atomic mass is 10.2. The van der Waals surface area contributed by atoms with E-state index in [-0.39, 0.29) is 0 Å². The normalized spacial score (nSPS) is 22.5. The molecule has 0 aromatic carbocycles. The van der Waals surface area contributed by atoms with E-state index < -0.39 is 0 Å². The molecule has 0 saturated heterocycles. The predicted octanol–water partition coefficient (Wildman–Crippen LogP) is 0.335. The molecule has 0 unspecified atom stereocenters. The van der Waals surface area contributed by atoms with Crippen LogP contribution in [0.5, 0.6) is 0 Å². The van der Waals surface area contributed by atoms with Crippen molar-refractivity contribution in [1.82, 2.24) is 5.48 Å². The SMILES string of the molecule is ON=C1CCCC(NO)=N1. The summed E-state index contributed by atoms with van der Waals surface area (Å²) in [6, 6.07) is 0. The summed E-state index contributed by atoms with van der Waals surface area (Å²) >= 11 is 0. The molecule has 0 saturated carbocycles. The third-order valence-corrected chi connectivity index (χ3v) is 1.32. The highest BCUT2D eigenvalue weighted by molar-refractivity contribution is 5.98. The van der Waals surface area contributed by atoms with Gasteiger partial charge >= 0.3 is 0 Å². The molecule has 0 bridgehead atoms. The third-order valence-electron chi connectivity index (χ3n) is 1.32. The molecular formula is C5H9N3O2. The second kappa shape index (κ2) is 3.17. The lowest BCUT2D eigenvalue weighted by molar-refractivity contribution is 0.231. The van der Waals surface area contributed by atoms with Gasteiger partial charge in [-0.15, -0.1) is 0 Å². The quantitative estimate of drug-likeness (QED) is 0.338. The fourth-order valence-electron chi connectivity index (χ4n) is 0.835. The summed E-state index contributed by atoms with van der Waals surface area (Å²) in [6.07, 6.45) is 2.23. The van der Waals surface area contributed by atoms with Gasteiger partial charge in [0.1, 0.15) is 5.84 Å². The van der Waals surface area contributed by atoms with Crippen molar-refractivity contribution in [1.29, 1.82) is 0 Å². The first-order chi connectivity index (χ1) is 4.86. The zero-order valence-electron chi connectivity index (χ0n) is 5.41. The van der Waals surface area contributed by atoms with Crippen LogP contribution in [0, 0.1) is 0 Å². The molecule has 5 nitrogen and oxygen atoms in total. The Morgan fingerprint density at radius 3 is 2.90 bits per heavy atom. The Kier molecular flexibility index (Phi) is 2.22. The summed E-state index contributed by atoms with van der Waals surface area (Å²) in [4.78, 5) is 3.77.